The zero-order valence-electron chi connectivity index (χ0n) is 15.8. The molecule has 0 aromatic heterocycles. The zero-order chi connectivity index (χ0) is 18.7. The van der Waals surface area contributed by atoms with Gasteiger partial charge in [0.1, 0.15) is 12.4 Å². The van der Waals surface area contributed by atoms with Gasteiger partial charge in [0.2, 0.25) is 0 Å². The summed E-state index contributed by atoms with van der Waals surface area (Å²) < 4.78 is 5.82. The molecule has 0 saturated heterocycles. The molecular weight excluding hydrogens is 330 g/mol. The van der Waals surface area contributed by atoms with Gasteiger partial charge >= 0.3 is 0 Å². The fraction of sp³-hybridized carbons (Fsp3) is 0.200. The van der Waals surface area contributed by atoms with Crippen molar-refractivity contribution in [2.24, 2.45) is 0 Å². The van der Waals surface area contributed by atoms with E-state index in [1.54, 1.807) is 0 Å². The second-order valence-electron chi connectivity index (χ2n) is 6.68. The number of hydrogen-bond acceptors (Lipinski definition) is 2. The first-order valence-electron chi connectivity index (χ1n) is 9.53. The van der Waals surface area contributed by atoms with Crippen molar-refractivity contribution in [3.8, 4) is 5.75 Å². The molecule has 3 aromatic carbocycles. The van der Waals surface area contributed by atoms with Crippen molar-refractivity contribution in [1.82, 2.24) is 5.32 Å². The van der Waals surface area contributed by atoms with Crippen LogP contribution in [0.3, 0.4) is 0 Å². The normalized spacial score (nSPS) is 12.2. The van der Waals surface area contributed by atoms with Crippen LogP contribution in [0.25, 0.3) is 12.2 Å². The van der Waals surface area contributed by atoms with E-state index in [0.717, 1.165) is 18.8 Å². The smallest absolute Gasteiger partial charge is 0.119 e. The van der Waals surface area contributed by atoms with Gasteiger partial charge in [0.25, 0.3) is 0 Å². The summed E-state index contributed by atoms with van der Waals surface area (Å²) in [6.45, 7) is 4.70. The van der Waals surface area contributed by atoms with Crippen molar-refractivity contribution in [2.75, 3.05) is 19.7 Å². The summed E-state index contributed by atoms with van der Waals surface area (Å²) in [5.74, 6) is 1.41. The van der Waals surface area contributed by atoms with E-state index in [9.17, 15) is 0 Å². The summed E-state index contributed by atoms with van der Waals surface area (Å²) in [6.07, 6.45) is 4.24. The SMILES string of the molecule is CC(CNCCOc1ccc(/C=C/c2ccccc2)cc1)c1ccccc1. The summed E-state index contributed by atoms with van der Waals surface area (Å²) in [7, 11) is 0. The van der Waals surface area contributed by atoms with E-state index in [0.29, 0.717) is 12.5 Å². The molecule has 3 aromatic rings. The molecule has 1 unspecified atom stereocenters. The van der Waals surface area contributed by atoms with Gasteiger partial charge in [0, 0.05) is 13.1 Å². The van der Waals surface area contributed by atoms with Gasteiger partial charge in [-0.05, 0) is 34.7 Å². The molecule has 0 bridgehead atoms. The lowest BCUT2D eigenvalue weighted by atomic mass is 10.0. The summed E-state index contributed by atoms with van der Waals surface area (Å²) in [4.78, 5) is 0. The minimum absolute atomic E-state index is 0.502. The average molecular weight is 357 g/mol. The van der Waals surface area contributed by atoms with Crippen LogP contribution < -0.4 is 10.1 Å². The Morgan fingerprint density at radius 3 is 2.04 bits per heavy atom. The van der Waals surface area contributed by atoms with E-state index in [2.05, 4.69) is 79.0 Å². The highest BCUT2D eigenvalue weighted by Crippen LogP contribution is 2.15. The third kappa shape index (κ3) is 6.43. The standard InChI is InChI=1S/C25H27NO/c1-21(24-10-6-3-7-11-24)20-26-18-19-27-25-16-14-23(15-17-25)13-12-22-8-4-2-5-9-22/h2-17,21,26H,18-20H2,1H3/b13-12+. The Labute approximate surface area is 162 Å². The largest absolute Gasteiger partial charge is 0.492 e. The first kappa shape index (κ1) is 18.9. The topological polar surface area (TPSA) is 21.3 Å². The Bertz CT molecular complexity index is 810. The van der Waals surface area contributed by atoms with Gasteiger partial charge in [-0.15, -0.1) is 0 Å². The van der Waals surface area contributed by atoms with Crippen LogP contribution in [0.2, 0.25) is 0 Å². The summed E-state index contributed by atoms with van der Waals surface area (Å²) >= 11 is 0. The van der Waals surface area contributed by atoms with Crippen LogP contribution in [0.15, 0.2) is 84.9 Å². The first-order chi connectivity index (χ1) is 13.3. The average Bonchev–Trinajstić information content (AvgIpc) is 2.74. The van der Waals surface area contributed by atoms with Crippen LogP contribution >= 0.6 is 0 Å². The Morgan fingerprint density at radius 1 is 0.778 bits per heavy atom. The second-order valence-corrected chi connectivity index (χ2v) is 6.68. The number of hydrogen-bond donors (Lipinski definition) is 1. The molecule has 0 aliphatic heterocycles. The van der Waals surface area contributed by atoms with Gasteiger partial charge in [-0.3, -0.25) is 0 Å². The molecule has 138 valence electrons. The predicted molar refractivity (Wildman–Crippen MR) is 115 cm³/mol. The maximum absolute atomic E-state index is 5.82. The van der Waals surface area contributed by atoms with Crippen LogP contribution in [0.4, 0.5) is 0 Å². The molecule has 0 fully saturated rings. The Balaban J connectivity index is 1.37. The Morgan fingerprint density at radius 2 is 1.37 bits per heavy atom. The van der Waals surface area contributed by atoms with Crippen molar-refractivity contribution in [3.05, 3.63) is 102 Å². The molecule has 0 saturated carbocycles. The summed E-state index contributed by atoms with van der Waals surface area (Å²) in [5.41, 5.74) is 3.74. The molecule has 0 radical (unpaired) electrons. The molecule has 2 nitrogen and oxygen atoms in total. The van der Waals surface area contributed by atoms with E-state index in [-0.39, 0.29) is 0 Å². The lowest BCUT2D eigenvalue weighted by Gasteiger charge is -2.13. The lowest BCUT2D eigenvalue weighted by molar-refractivity contribution is 0.313. The Kier molecular flexibility index (Phi) is 7.25. The van der Waals surface area contributed by atoms with E-state index in [1.807, 2.05) is 30.3 Å². The first-order valence-corrected chi connectivity index (χ1v) is 9.53. The van der Waals surface area contributed by atoms with E-state index in [4.69, 9.17) is 4.74 Å². The molecule has 27 heavy (non-hydrogen) atoms. The quantitative estimate of drug-likeness (QED) is 0.396. The van der Waals surface area contributed by atoms with Crippen LogP contribution in [-0.4, -0.2) is 19.7 Å². The lowest BCUT2D eigenvalue weighted by Crippen LogP contribution is -2.25. The molecule has 0 aliphatic rings. The minimum atomic E-state index is 0.502. The fourth-order valence-electron chi connectivity index (χ4n) is 2.89. The van der Waals surface area contributed by atoms with E-state index < -0.39 is 0 Å². The monoisotopic (exact) mass is 357 g/mol. The van der Waals surface area contributed by atoms with Crippen LogP contribution in [-0.2, 0) is 0 Å². The highest BCUT2D eigenvalue weighted by molar-refractivity contribution is 5.69. The fourth-order valence-corrected chi connectivity index (χ4v) is 2.89. The molecule has 0 heterocycles. The van der Waals surface area contributed by atoms with Crippen molar-refractivity contribution < 1.29 is 4.74 Å². The highest BCUT2D eigenvalue weighted by atomic mass is 16.5. The number of rotatable bonds is 9. The van der Waals surface area contributed by atoms with Gasteiger partial charge < -0.3 is 10.1 Å². The highest BCUT2D eigenvalue weighted by Gasteiger charge is 2.03. The number of ether oxygens (including phenoxy) is 1. The molecular formula is C25H27NO. The van der Waals surface area contributed by atoms with Crippen LogP contribution in [0, 0.1) is 0 Å². The van der Waals surface area contributed by atoms with Crippen molar-refractivity contribution in [2.45, 2.75) is 12.8 Å². The van der Waals surface area contributed by atoms with Gasteiger partial charge in [-0.2, -0.15) is 0 Å². The van der Waals surface area contributed by atoms with Gasteiger partial charge in [0.15, 0.2) is 0 Å². The molecule has 1 atom stereocenters. The van der Waals surface area contributed by atoms with Crippen molar-refractivity contribution in [3.63, 3.8) is 0 Å². The van der Waals surface area contributed by atoms with Crippen molar-refractivity contribution in [1.29, 1.82) is 0 Å². The van der Waals surface area contributed by atoms with E-state index >= 15 is 0 Å². The maximum atomic E-state index is 5.82. The van der Waals surface area contributed by atoms with Gasteiger partial charge in [0.05, 0.1) is 0 Å². The third-order valence-corrected chi connectivity index (χ3v) is 4.51. The van der Waals surface area contributed by atoms with Crippen LogP contribution in [0.5, 0.6) is 5.75 Å². The van der Waals surface area contributed by atoms with Crippen LogP contribution in [0.1, 0.15) is 29.5 Å². The van der Waals surface area contributed by atoms with Gasteiger partial charge in [-0.25, -0.2) is 0 Å². The predicted octanol–water partition coefficient (Wildman–Crippen LogP) is 5.63. The number of benzene rings is 3. The third-order valence-electron chi connectivity index (χ3n) is 4.51. The van der Waals surface area contributed by atoms with Gasteiger partial charge in [-0.1, -0.05) is 91.9 Å². The summed E-state index contributed by atoms with van der Waals surface area (Å²) in [6, 6.07) is 29.1. The zero-order valence-corrected chi connectivity index (χ0v) is 15.8. The van der Waals surface area contributed by atoms with E-state index in [1.165, 1.54) is 16.7 Å². The summed E-state index contributed by atoms with van der Waals surface area (Å²) in [5, 5.41) is 3.47. The minimum Gasteiger partial charge on any atom is -0.492 e. The maximum Gasteiger partial charge on any atom is 0.119 e. The molecule has 0 amide bonds. The van der Waals surface area contributed by atoms with Crippen molar-refractivity contribution >= 4 is 12.2 Å². The molecule has 0 spiro atoms. The molecule has 2 heteroatoms. The second kappa shape index (κ2) is 10.3. The molecule has 3 rings (SSSR count). The Hall–Kier alpha value is -2.84. The number of nitrogens with one attached hydrogen (secondary N) is 1. The molecule has 1 N–H and O–H groups in total. The molecule has 0 aliphatic carbocycles.